The Morgan fingerprint density at radius 1 is 1.12 bits per heavy atom. The summed E-state index contributed by atoms with van der Waals surface area (Å²) in [4.78, 5) is 38.5. The fourth-order valence-corrected chi connectivity index (χ4v) is 3.44. The summed E-state index contributed by atoms with van der Waals surface area (Å²) in [6, 6.07) is 2.09. The Kier molecular flexibility index (Phi) is 3.68. The van der Waals surface area contributed by atoms with Gasteiger partial charge in [-0.05, 0) is 31.7 Å². The summed E-state index contributed by atoms with van der Waals surface area (Å²) in [5.74, 6) is -1.92. The van der Waals surface area contributed by atoms with E-state index in [1.54, 1.807) is 0 Å². The average molecular weight is 356 g/mol. The molecule has 2 heterocycles. The van der Waals surface area contributed by atoms with Gasteiger partial charge in [-0.15, -0.1) is 0 Å². The van der Waals surface area contributed by atoms with Crippen molar-refractivity contribution in [2.45, 2.75) is 25.7 Å². The summed E-state index contributed by atoms with van der Waals surface area (Å²) in [7, 11) is 0. The first-order chi connectivity index (χ1) is 12.5. The fourth-order valence-electron chi connectivity index (χ4n) is 3.44. The molecule has 0 bridgehead atoms. The van der Waals surface area contributed by atoms with Crippen LogP contribution in [0, 0.1) is 5.82 Å². The molecule has 4 rings (SSSR count). The molecule has 7 nitrogen and oxygen atoms in total. The average Bonchev–Trinajstić information content (AvgIpc) is 2.89. The lowest BCUT2D eigenvalue weighted by molar-refractivity contribution is -0.120. The quantitative estimate of drug-likeness (QED) is 0.386. The third kappa shape index (κ3) is 2.26. The second-order valence-corrected chi connectivity index (χ2v) is 6.17. The van der Waals surface area contributed by atoms with Crippen molar-refractivity contribution < 1.29 is 23.6 Å². The van der Waals surface area contributed by atoms with Gasteiger partial charge in [0.2, 0.25) is 5.43 Å². The van der Waals surface area contributed by atoms with Gasteiger partial charge in [0.25, 0.3) is 11.8 Å². The van der Waals surface area contributed by atoms with E-state index in [1.807, 2.05) is 0 Å². The molecule has 0 saturated carbocycles. The predicted octanol–water partition coefficient (Wildman–Crippen LogP) is 2.48. The van der Waals surface area contributed by atoms with Crippen LogP contribution in [0.1, 0.15) is 31.2 Å². The van der Waals surface area contributed by atoms with E-state index in [4.69, 9.17) is 9.62 Å². The number of halogens is 1. The second-order valence-electron chi connectivity index (χ2n) is 6.17. The number of carbonyl (C=O) groups excluding carboxylic acids is 2. The van der Waals surface area contributed by atoms with E-state index in [1.165, 1.54) is 0 Å². The molecule has 0 fully saturated rings. The minimum atomic E-state index is -0.842. The highest BCUT2D eigenvalue weighted by Crippen LogP contribution is 2.37. The van der Waals surface area contributed by atoms with Crippen LogP contribution in [0.5, 0.6) is 0 Å². The molecule has 0 saturated heterocycles. The topological polar surface area (TPSA) is 100 Å². The maximum absolute atomic E-state index is 14.6. The summed E-state index contributed by atoms with van der Waals surface area (Å²) in [5.41, 5.74) is -0.0884. The lowest BCUT2D eigenvalue weighted by Crippen LogP contribution is -2.32. The number of amides is 2. The van der Waals surface area contributed by atoms with E-state index in [0.717, 1.165) is 42.4 Å². The third-order valence-electron chi connectivity index (χ3n) is 4.70. The Morgan fingerprint density at radius 2 is 1.77 bits per heavy atom. The number of anilines is 1. The van der Waals surface area contributed by atoms with Gasteiger partial charge in [0, 0.05) is 17.2 Å². The summed E-state index contributed by atoms with van der Waals surface area (Å²) in [5, 5.41) is 11.4. The molecule has 1 aliphatic carbocycles. The van der Waals surface area contributed by atoms with Crippen LogP contribution < -0.4 is 10.3 Å². The molecule has 0 spiro atoms. The van der Waals surface area contributed by atoms with E-state index in [0.29, 0.717) is 24.0 Å². The van der Waals surface area contributed by atoms with Gasteiger partial charge < -0.3 is 9.62 Å². The largest absolute Gasteiger partial charge is 0.463 e. The van der Waals surface area contributed by atoms with Gasteiger partial charge in [-0.3, -0.25) is 14.4 Å². The molecule has 0 atom stereocenters. The smallest absolute Gasteiger partial charge is 0.261 e. The number of imide groups is 1. The zero-order valence-electron chi connectivity index (χ0n) is 13.5. The molecule has 2 aliphatic rings. The first-order valence-corrected chi connectivity index (χ1v) is 8.06. The number of fused-ring (bicyclic) bond motifs is 1. The maximum Gasteiger partial charge on any atom is 0.261 e. The highest BCUT2D eigenvalue weighted by atomic mass is 19.1. The summed E-state index contributed by atoms with van der Waals surface area (Å²) in [6.07, 6.45) is 4.52. The molecule has 0 radical (unpaired) electrons. The minimum Gasteiger partial charge on any atom is -0.463 e. The van der Waals surface area contributed by atoms with Crippen LogP contribution in [0.3, 0.4) is 0 Å². The minimum absolute atomic E-state index is 0.0238. The first-order valence-electron chi connectivity index (χ1n) is 8.06. The normalized spacial score (nSPS) is 17.7. The summed E-state index contributed by atoms with van der Waals surface area (Å²) < 4.78 is 19.8. The molecule has 1 aromatic carbocycles. The van der Waals surface area contributed by atoms with Gasteiger partial charge >= 0.3 is 0 Å². The standard InChI is InChI=1S/C18H13FN2O5/c19-13-6-15-12(16(22)9(7-20-25)8-26-15)5-14(13)21-17(23)10-3-1-2-4-11(10)18(21)24/h5-8,25H,1-4H2. The molecule has 2 aromatic rings. The Labute approximate surface area is 146 Å². The van der Waals surface area contributed by atoms with E-state index >= 15 is 0 Å². The van der Waals surface area contributed by atoms with Crippen LogP contribution >= 0.6 is 0 Å². The van der Waals surface area contributed by atoms with Crippen LogP contribution in [-0.4, -0.2) is 23.2 Å². The Hall–Kier alpha value is -3.29. The molecule has 132 valence electrons. The molecular weight excluding hydrogens is 343 g/mol. The number of rotatable bonds is 2. The first kappa shape index (κ1) is 16.2. The Bertz CT molecular complexity index is 1050. The zero-order valence-corrected chi connectivity index (χ0v) is 13.5. The Morgan fingerprint density at radius 3 is 2.38 bits per heavy atom. The van der Waals surface area contributed by atoms with Gasteiger partial charge in [0.05, 0.1) is 22.9 Å². The summed E-state index contributed by atoms with van der Waals surface area (Å²) in [6.45, 7) is 0. The van der Waals surface area contributed by atoms with Crippen molar-refractivity contribution in [1.82, 2.24) is 0 Å². The van der Waals surface area contributed by atoms with Crippen LogP contribution in [0.15, 0.2) is 43.9 Å². The van der Waals surface area contributed by atoms with Gasteiger partial charge in [-0.1, -0.05) is 5.16 Å². The number of carbonyl (C=O) groups is 2. The van der Waals surface area contributed by atoms with Crippen LogP contribution in [0.2, 0.25) is 0 Å². The molecule has 0 unspecified atom stereocenters. The van der Waals surface area contributed by atoms with Crippen molar-refractivity contribution in [1.29, 1.82) is 0 Å². The molecule has 26 heavy (non-hydrogen) atoms. The SMILES string of the molecule is O=C1C2=C(CCCC2)C(=O)N1c1cc2c(=O)c(C=NO)coc2cc1F. The molecule has 1 N–H and O–H groups in total. The van der Waals surface area contributed by atoms with E-state index < -0.39 is 23.1 Å². The van der Waals surface area contributed by atoms with Crippen molar-refractivity contribution in [2.24, 2.45) is 5.16 Å². The predicted molar refractivity (Wildman–Crippen MR) is 89.8 cm³/mol. The lowest BCUT2D eigenvalue weighted by atomic mass is 9.93. The van der Waals surface area contributed by atoms with Crippen LogP contribution in [0.25, 0.3) is 11.0 Å². The molecule has 8 heteroatoms. The van der Waals surface area contributed by atoms with Crippen molar-refractivity contribution in [3.63, 3.8) is 0 Å². The van der Waals surface area contributed by atoms with Crippen molar-refractivity contribution >= 4 is 34.7 Å². The number of hydrogen-bond donors (Lipinski definition) is 1. The molecule has 1 aromatic heterocycles. The number of benzene rings is 1. The lowest BCUT2D eigenvalue weighted by Gasteiger charge is -2.16. The summed E-state index contributed by atoms with van der Waals surface area (Å²) >= 11 is 0. The van der Waals surface area contributed by atoms with Gasteiger partial charge in [-0.2, -0.15) is 0 Å². The second kappa shape index (κ2) is 5.91. The fraction of sp³-hybridized carbons (Fsp3) is 0.222. The van der Waals surface area contributed by atoms with Crippen molar-refractivity contribution in [2.75, 3.05) is 4.90 Å². The number of nitrogens with zero attached hydrogens (tertiary/aromatic N) is 2. The zero-order chi connectivity index (χ0) is 18.4. The molecular formula is C18H13FN2O5. The monoisotopic (exact) mass is 356 g/mol. The highest BCUT2D eigenvalue weighted by molar-refractivity contribution is 6.33. The number of oxime groups is 1. The van der Waals surface area contributed by atoms with E-state index in [2.05, 4.69) is 5.16 Å². The van der Waals surface area contributed by atoms with Gasteiger partial charge in [0.1, 0.15) is 11.8 Å². The highest BCUT2D eigenvalue weighted by Gasteiger charge is 2.40. The van der Waals surface area contributed by atoms with Gasteiger partial charge in [0.15, 0.2) is 5.82 Å². The number of hydrogen-bond acceptors (Lipinski definition) is 6. The van der Waals surface area contributed by atoms with Crippen LogP contribution in [-0.2, 0) is 9.59 Å². The van der Waals surface area contributed by atoms with E-state index in [9.17, 15) is 18.8 Å². The maximum atomic E-state index is 14.6. The van der Waals surface area contributed by atoms with Crippen LogP contribution in [0.4, 0.5) is 10.1 Å². The molecule has 2 amide bonds. The third-order valence-corrected chi connectivity index (χ3v) is 4.70. The van der Waals surface area contributed by atoms with Crippen molar-refractivity contribution in [3.8, 4) is 0 Å². The van der Waals surface area contributed by atoms with Crippen molar-refractivity contribution in [3.05, 3.63) is 51.1 Å². The van der Waals surface area contributed by atoms with Gasteiger partial charge in [-0.25, -0.2) is 9.29 Å². The van der Waals surface area contributed by atoms with E-state index in [-0.39, 0.29) is 22.2 Å². The Balaban J connectivity index is 1.88. The molecule has 1 aliphatic heterocycles.